The van der Waals surface area contributed by atoms with Crippen LogP contribution in [0.4, 0.5) is 10.1 Å². The van der Waals surface area contributed by atoms with E-state index >= 15 is 0 Å². The predicted molar refractivity (Wildman–Crippen MR) is 167 cm³/mol. The minimum atomic E-state index is -0.612. The van der Waals surface area contributed by atoms with Gasteiger partial charge < -0.3 is 10.2 Å². The summed E-state index contributed by atoms with van der Waals surface area (Å²) < 4.78 is 17.1. The van der Waals surface area contributed by atoms with Crippen LogP contribution in [0.25, 0.3) is 21.9 Å². The van der Waals surface area contributed by atoms with Crippen molar-refractivity contribution >= 4 is 51.2 Å². The molecule has 0 spiro atoms. The molecule has 2 amide bonds. The highest BCUT2D eigenvalue weighted by Crippen LogP contribution is 2.32. The first-order chi connectivity index (χ1) is 21.4. The summed E-state index contributed by atoms with van der Waals surface area (Å²) in [5.74, 6) is 0.497. The summed E-state index contributed by atoms with van der Waals surface area (Å²) >= 11 is 1.83. The van der Waals surface area contributed by atoms with Crippen LogP contribution in [0.15, 0.2) is 58.4 Å². The standard InChI is InChI=1S/C32H33FN6O4S/c33-21-16-26-29(35-17-21)38(24-9-12-44-13-10-24)32(43)39(31(26)42)23-5-3-22(4-6-23)36-30(41)20-15-28(40)37(18-20)25-7-8-27-19(14-25)2-1-11-34-27/h1-2,7-8,11,14,16-17,20,22-24H,3-6,9-10,12-13,15,18H2,(H,36,41). The number of hydrogen-bond acceptors (Lipinski definition) is 7. The highest BCUT2D eigenvalue weighted by Gasteiger charge is 2.37. The highest BCUT2D eigenvalue weighted by molar-refractivity contribution is 7.99. The first kappa shape index (κ1) is 28.7. The normalized spacial score (nSPS) is 23.0. The number of halogens is 1. The molecule has 44 heavy (non-hydrogen) atoms. The van der Waals surface area contributed by atoms with Crippen molar-refractivity contribution in [1.29, 1.82) is 0 Å². The average molecular weight is 617 g/mol. The zero-order chi connectivity index (χ0) is 30.4. The Labute approximate surface area is 256 Å². The number of pyridine rings is 2. The van der Waals surface area contributed by atoms with Crippen molar-refractivity contribution in [3.63, 3.8) is 0 Å². The van der Waals surface area contributed by atoms with Gasteiger partial charge in [0.15, 0.2) is 0 Å². The Balaban J connectivity index is 1.05. The van der Waals surface area contributed by atoms with Gasteiger partial charge in [-0.2, -0.15) is 11.8 Å². The van der Waals surface area contributed by atoms with Gasteiger partial charge in [-0.05, 0) is 80.4 Å². The second-order valence-electron chi connectivity index (χ2n) is 12.0. The maximum Gasteiger partial charge on any atom is 0.333 e. The maximum absolute atomic E-state index is 14.2. The lowest BCUT2D eigenvalue weighted by Gasteiger charge is -2.32. The number of nitrogens with zero attached hydrogens (tertiary/aromatic N) is 5. The van der Waals surface area contributed by atoms with Crippen LogP contribution >= 0.6 is 11.8 Å². The van der Waals surface area contributed by atoms with E-state index in [0.717, 1.165) is 47.1 Å². The first-order valence-corrected chi connectivity index (χ1v) is 16.4. The molecule has 2 saturated heterocycles. The number of fused-ring (bicyclic) bond motifs is 2. The van der Waals surface area contributed by atoms with Crippen LogP contribution in [-0.4, -0.2) is 55.0 Å². The van der Waals surface area contributed by atoms with Crippen LogP contribution in [0.5, 0.6) is 0 Å². The molecule has 1 aliphatic carbocycles. The van der Waals surface area contributed by atoms with Crippen LogP contribution in [-0.2, 0) is 9.59 Å². The van der Waals surface area contributed by atoms with Gasteiger partial charge in [-0.3, -0.25) is 28.5 Å². The number of benzene rings is 1. The quantitative estimate of drug-likeness (QED) is 0.361. The van der Waals surface area contributed by atoms with Gasteiger partial charge in [-0.1, -0.05) is 6.07 Å². The summed E-state index contributed by atoms with van der Waals surface area (Å²) in [4.78, 5) is 63.7. The molecule has 3 aliphatic rings. The van der Waals surface area contributed by atoms with Gasteiger partial charge in [-0.15, -0.1) is 0 Å². The molecular formula is C32H33FN6O4S. The molecular weight excluding hydrogens is 583 g/mol. The van der Waals surface area contributed by atoms with Crippen LogP contribution in [0.1, 0.15) is 57.0 Å². The zero-order valence-corrected chi connectivity index (χ0v) is 25.0. The van der Waals surface area contributed by atoms with Crippen molar-refractivity contribution in [1.82, 2.24) is 24.4 Å². The Morgan fingerprint density at radius 1 is 0.932 bits per heavy atom. The topological polar surface area (TPSA) is 119 Å². The molecule has 4 aromatic rings. The number of thioether (sulfide) groups is 1. The lowest BCUT2D eigenvalue weighted by molar-refractivity contribution is -0.127. The summed E-state index contributed by atoms with van der Waals surface area (Å²) in [6.45, 7) is 0.308. The minimum absolute atomic E-state index is 0.0911. The summed E-state index contributed by atoms with van der Waals surface area (Å²) in [7, 11) is 0. The Morgan fingerprint density at radius 2 is 1.70 bits per heavy atom. The van der Waals surface area contributed by atoms with Gasteiger partial charge in [0.2, 0.25) is 11.8 Å². The maximum atomic E-state index is 14.2. The predicted octanol–water partition coefficient (Wildman–Crippen LogP) is 3.97. The molecule has 1 saturated carbocycles. The Hall–Kier alpha value is -4.06. The van der Waals surface area contributed by atoms with E-state index in [-0.39, 0.29) is 53.1 Å². The monoisotopic (exact) mass is 616 g/mol. The van der Waals surface area contributed by atoms with Crippen molar-refractivity contribution in [2.24, 2.45) is 5.92 Å². The fourth-order valence-electron chi connectivity index (χ4n) is 6.96. The van der Waals surface area contributed by atoms with Gasteiger partial charge in [0.05, 0.1) is 23.0 Å². The molecule has 12 heteroatoms. The second-order valence-corrected chi connectivity index (χ2v) is 13.2. The summed E-state index contributed by atoms with van der Waals surface area (Å²) in [5.41, 5.74) is 0.936. The lowest BCUT2D eigenvalue weighted by Crippen LogP contribution is -2.47. The Kier molecular flexibility index (Phi) is 7.69. The van der Waals surface area contributed by atoms with Crippen molar-refractivity contribution < 1.29 is 14.0 Å². The van der Waals surface area contributed by atoms with E-state index in [1.165, 1.54) is 10.6 Å². The van der Waals surface area contributed by atoms with E-state index in [4.69, 9.17) is 0 Å². The number of carbonyl (C=O) groups excluding carboxylic acids is 2. The lowest BCUT2D eigenvalue weighted by atomic mass is 9.90. The molecule has 1 aromatic carbocycles. The third-order valence-corrected chi connectivity index (χ3v) is 10.3. The third-order valence-electron chi connectivity index (χ3n) is 9.28. The molecule has 1 atom stereocenters. The molecule has 2 aliphatic heterocycles. The van der Waals surface area contributed by atoms with Gasteiger partial charge >= 0.3 is 5.69 Å². The molecule has 5 heterocycles. The summed E-state index contributed by atoms with van der Waals surface area (Å²) in [6.07, 6.45) is 6.72. The van der Waals surface area contributed by atoms with Crippen molar-refractivity contribution in [3.8, 4) is 0 Å². The molecule has 3 aromatic heterocycles. The summed E-state index contributed by atoms with van der Waals surface area (Å²) in [5, 5.41) is 4.18. The number of nitrogens with one attached hydrogen (secondary N) is 1. The van der Waals surface area contributed by atoms with E-state index in [1.54, 1.807) is 15.7 Å². The third kappa shape index (κ3) is 5.29. The second kappa shape index (κ2) is 11.8. The molecule has 0 bridgehead atoms. The highest BCUT2D eigenvalue weighted by atomic mass is 32.2. The number of amides is 2. The first-order valence-electron chi connectivity index (χ1n) is 15.2. The fraction of sp³-hybridized carbons (Fsp3) is 0.438. The van der Waals surface area contributed by atoms with Crippen molar-refractivity contribution in [2.45, 2.75) is 63.1 Å². The van der Waals surface area contributed by atoms with Crippen molar-refractivity contribution in [3.05, 3.63) is 75.4 Å². The van der Waals surface area contributed by atoms with E-state index in [9.17, 15) is 23.6 Å². The molecule has 1 N–H and O–H groups in total. The van der Waals surface area contributed by atoms with E-state index in [0.29, 0.717) is 32.2 Å². The molecule has 1 unspecified atom stereocenters. The van der Waals surface area contributed by atoms with E-state index in [1.807, 2.05) is 42.1 Å². The smallest absolute Gasteiger partial charge is 0.333 e. The van der Waals surface area contributed by atoms with E-state index < -0.39 is 17.3 Å². The molecule has 3 fully saturated rings. The van der Waals surface area contributed by atoms with Gasteiger partial charge in [0.1, 0.15) is 11.5 Å². The molecule has 0 radical (unpaired) electrons. The fourth-order valence-corrected chi connectivity index (χ4v) is 8.04. The number of anilines is 1. The van der Waals surface area contributed by atoms with E-state index in [2.05, 4.69) is 15.3 Å². The number of hydrogen-bond donors (Lipinski definition) is 1. The van der Waals surface area contributed by atoms with Gasteiger partial charge in [0, 0.05) is 48.4 Å². The zero-order valence-electron chi connectivity index (χ0n) is 24.2. The average Bonchev–Trinajstić information content (AvgIpc) is 3.44. The van der Waals surface area contributed by atoms with Crippen LogP contribution in [0.2, 0.25) is 0 Å². The molecule has 228 valence electrons. The molecule has 7 rings (SSSR count). The number of carbonyl (C=O) groups is 2. The SMILES string of the molecule is O=C(NC1CCC(n2c(=O)c3cc(F)cnc3n(C3CCSCC3)c2=O)CC1)C1CC(=O)N(c2ccc3ncccc3c2)C1. The van der Waals surface area contributed by atoms with Crippen LogP contribution in [0.3, 0.4) is 0 Å². The van der Waals surface area contributed by atoms with Crippen molar-refractivity contribution in [2.75, 3.05) is 23.0 Å². The Bertz CT molecular complexity index is 1880. The minimum Gasteiger partial charge on any atom is -0.353 e. The summed E-state index contributed by atoms with van der Waals surface area (Å²) in [6, 6.07) is 10.1. The van der Waals surface area contributed by atoms with Gasteiger partial charge in [0.25, 0.3) is 5.56 Å². The number of rotatable bonds is 5. The number of aromatic nitrogens is 4. The molecule has 10 nitrogen and oxygen atoms in total. The van der Waals surface area contributed by atoms with Gasteiger partial charge in [-0.25, -0.2) is 14.2 Å². The van der Waals surface area contributed by atoms with Crippen LogP contribution in [0, 0.1) is 11.7 Å². The Morgan fingerprint density at radius 3 is 2.50 bits per heavy atom. The van der Waals surface area contributed by atoms with Crippen LogP contribution < -0.4 is 21.5 Å². The largest absolute Gasteiger partial charge is 0.353 e.